The number of thiazole rings is 1. The van der Waals surface area contributed by atoms with Crippen LogP contribution in [0.25, 0.3) is 11.4 Å². The van der Waals surface area contributed by atoms with Crippen LogP contribution < -0.4 is 5.32 Å². The molecule has 2 aromatic heterocycles. The van der Waals surface area contributed by atoms with Gasteiger partial charge in [-0.1, -0.05) is 18.2 Å². The second-order valence-corrected chi connectivity index (χ2v) is 8.54. The predicted molar refractivity (Wildman–Crippen MR) is 101 cm³/mol. The molecular weight excluding hydrogens is 370 g/mol. The lowest BCUT2D eigenvalue weighted by molar-refractivity contribution is 0.0951. The zero-order valence-electron chi connectivity index (χ0n) is 14.0. The molecule has 8 heteroatoms. The maximum absolute atomic E-state index is 12.3. The van der Waals surface area contributed by atoms with Crippen molar-refractivity contribution in [2.75, 3.05) is 12.8 Å². The average Bonchev–Trinajstić information content (AvgIpc) is 3.10. The van der Waals surface area contributed by atoms with Gasteiger partial charge in [-0.15, -0.1) is 11.3 Å². The lowest BCUT2D eigenvalue weighted by atomic mass is 10.2. The zero-order valence-corrected chi connectivity index (χ0v) is 15.7. The first-order valence-corrected chi connectivity index (χ1v) is 10.7. The molecule has 6 nitrogen and oxygen atoms in total. The van der Waals surface area contributed by atoms with Crippen LogP contribution in [-0.2, 0) is 16.3 Å². The smallest absolute Gasteiger partial charge is 0.252 e. The first-order chi connectivity index (χ1) is 12.4. The predicted octanol–water partition coefficient (Wildman–Crippen LogP) is 2.58. The van der Waals surface area contributed by atoms with Crippen LogP contribution >= 0.6 is 11.3 Å². The first kappa shape index (κ1) is 18.2. The van der Waals surface area contributed by atoms with Crippen LogP contribution in [0.2, 0.25) is 0 Å². The Morgan fingerprint density at radius 2 is 1.88 bits per heavy atom. The van der Waals surface area contributed by atoms with Crippen molar-refractivity contribution in [3.63, 3.8) is 0 Å². The van der Waals surface area contributed by atoms with Crippen LogP contribution in [0.15, 0.2) is 58.9 Å². The Morgan fingerprint density at radius 3 is 2.62 bits per heavy atom. The molecule has 2 heterocycles. The maximum Gasteiger partial charge on any atom is 0.252 e. The van der Waals surface area contributed by atoms with Crippen LogP contribution in [0.1, 0.15) is 15.4 Å². The van der Waals surface area contributed by atoms with E-state index >= 15 is 0 Å². The second-order valence-electron chi connectivity index (χ2n) is 5.62. The number of nitrogens with zero attached hydrogens (tertiary/aromatic N) is 2. The number of aromatic nitrogens is 2. The number of amides is 1. The number of benzene rings is 1. The molecule has 0 unspecified atom stereocenters. The molecule has 1 amide bonds. The van der Waals surface area contributed by atoms with E-state index < -0.39 is 15.7 Å². The zero-order chi connectivity index (χ0) is 18.6. The number of pyridine rings is 1. The highest BCUT2D eigenvalue weighted by molar-refractivity contribution is 7.90. The largest absolute Gasteiger partial charge is 0.352 e. The Bertz CT molecular complexity index is 1010. The molecule has 0 aliphatic rings. The van der Waals surface area contributed by atoms with Crippen molar-refractivity contribution in [3.8, 4) is 11.4 Å². The molecule has 0 saturated heterocycles. The molecule has 134 valence electrons. The minimum atomic E-state index is -3.46. The number of hydrogen-bond donors (Lipinski definition) is 1. The Balaban J connectivity index is 1.63. The molecule has 1 N–H and O–H groups in total. The van der Waals surface area contributed by atoms with E-state index in [4.69, 9.17) is 0 Å². The topological polar surface area (TPSA) is 89.0 Å². The summed E-state index contributed by atoms with van der Waals surface area (Å²) in [4.78, 5) is 21.1. The van der Waals surface area contributed by atoms with Gasteiger partial charge in [0.05, 0.1) is 26.9 Å². The summed E-state index contributed by atoms with van der Waals surface area (Å²) in [5, 5.41) is 5.56. The number of nitrogens with one attached hydrogen (secondary N) is 1. The fraction of sp³-hybridized carbons (Fsp3) is 0.167. The van der Waals surface area contributed by atoms with E-state index in [1.807, 2.05) is 23.6 Å². The van der Waals surface area contributed by atoms with Crippen LogP contribution in [0.4, 0.5) is 0 Å². The summed E-state index contributed by atoms with van der Waals surface area (Å²) in [7, 11) is -3.46. The van der Waals surface area contributed by atoms with Crippen LogP contribution in [0, 0.1) is 0 Å². The van der Waals surface area contributed by atoms with Crippen molar-refractivity contribution in [2.24, 2.45) is 0 Å². The maximum atomic E-state index is 12.3. The van der Waals surface area contributed by atoms with Gasteiger partial charge in [-0.3, -0.25) is 9.78 Å². The highest BCUT2D eigenvalue weighted by Crippen LogP contribution is 2.20. The lowest BCUT2D eigenvalue weighted by Gasteiger charge is -2.08. The molecule has 0 spiro atoms. The van der Waals surface area contributed by atoms with Crippen molar-refractivity contribution >= 4 is 27.1 Å². The van der Waals surface area contributed by atoms with Crippen molar-refractivity contribution in [3.05, 3.63) is 64.6 Å². The van der Waals surface area contributed by atoms with E-state index in [1.54, 1.807) is 18.3 Å². The van der Waals surface area contributed by atoms with E-state index in [-0.39, 0.29) is 10.5 Å². The molecule has 3 rings (SSSR count). The van der Waals surface area contributed by atoms with Gasteiger partial charge in [-0.2, -0.15) is 0 Å². The summed E-state index contributed by atoms with van der Waals surface area (Å²) in [6.07, 6.45) is 3.37. The van der Waals surface area contributed by atoms with E-state index in [0.717, 1.165) is 22.7 Å². The first-order valence-electron chi connectivity index (χ1n) is 7.88. The Labute approximate surface area is 155 Å². The summed E-state index contributed by atoms with van der Waals surface area (Å²) in [5.74, 6) is -0.410. The third-order valence-electron chi connectivity index (χ3n) is 3.63. The van der Waals surface area contributed by atoms with Crippen molar-refractivity contribution in [1.82, 2.24) is 15.3 Å². The lowest BCUT2D eigenvalue weighted by Crippen LogP contribution is -2.27. The van der Waals surface area contributed by atoms with Gasteiger partial charge in [0.1, 0.15) is 0 Å². The number of carbonyl (C=O) groups excluding carboxylic acids is 1. The molecule has 0 atom stereocenters. The molecule has 0 bridgehead atoms. The molecule has 0 fully saturated rings. The molecule has 3 aromatic rings. The third kappa shape index (κ3) is 4.33. The normalized spacial score (nSPS) is 11.3. The molecule has 0 radical (unpaired) electrons. The summed E-state index contributed by atoms with van der Waals surface area (Å²) in [6.45, 7) is 0.367. The van der Waals surface area contributed by atoms with Crippen LogP contribution in [0.3, 0.4) is 0 Å². The van der Waals surface area contributed by atoms with Crippen molar-refractivity contribution in [1.29, 1.82) is 0 Å². The number of hydrogen-bond acceptors (Lipinski definition) is 6. The summed E-state index contributed by atoms with van der Waals surface area (Å²) < 4.78 is 23.6. The van der Waals surface area contributed by atoms with Gasteiger partial charge in [0.2, 0.25) is 0 Å². The standard InChI is InChI=1S/C18H17N3O3S2/c1-26(23,24)16-8-3-2-6-13(16)18(22)20-11-9-17-21-15(12-25-17)14-7-4-5-10-19-14/h2-8,10,12H,9,11H2,1H3,(H,20,22). The van der Waals surface area contributed by atoms with Gasteiger partial charge in [-0.05, 0) is 24.3 Å². The number of sulfone groups is 1. The van der Waals surface area contributed by atoms with Crippen LogP contribution in [-0.4, -0.2) is 37.1 Å². The Morgan fingerprint density at radius 1 is 1.12 bits per heavy atom. The van der Waals surface area contributed by atoms with E-state index in [0.29, 0.717) is 13.0 Å². The van der Waals surface area contributed by atoms with Gasteiger partial charge in [-0.25, -0.2) is 13.4 Å². The second kappa shape index (κ2) is 7.76. The monoisotopic (exact) mass is 387 g/mol. The highest BCUT2D eigenvalue weighted by Gasteiger charge is 2.17. The number of carbonyl (C=O) groups is 1. The Hall–Kier alpha value is -2.58. The van der Waals surface area contributed by atoms with Crippen molar-refractivity contribution in [2.45, 2.75) is 11.3 Å². The van der Waals surface area contributed by atoms with E-state index in [2.05, 4.69) is 15.3 Å². The van der Waals surface area contributed by atoms with Gasteiger partial charge in [0.15, 0.2) is 9.84 Å². The molecule has 0 aliphatic heterocycles. The van der Waals surface area contributed by atoms with Gasteiger partial charge >= 0.3 is 0 Å². The van der Waals surface area contributed by atoms with Gasteiger partial charge in [0.25, 0.3) is 5.91 Å². The summed E-state index contributed by atoms with van der Waals surface area (Å²) >= 11 is 1.50. The Kier molecular flexibility index (Phi) is 5.43. The average molecular weight is 387 g/mol. The van der Waals surface area contributed by atoms with Gasteiger partial charge < -0.3 is 5.32 Å². The molecular formula is C18H17N3O3S2. The number of rotatable bonds is 6. The summed E-state index contributed by atoms with van der Waals surface area (Å²) in [5.41, 5.74) is 1.77. The van der Waals surface area contributed by atoms with E-state index in [1.165, 1.54) is 23.5 Å². The van der Waals surface area contributed by atoms with E-state index in [9.17, 15) is 13.2 Å². The SMILES string of the molecule is CS(=O)(=O)c1ccccc1C(=O)NCCc1nc(-c2ccccn2)cs1. The molecule has 26 heavy (non-hydrogen) atoms. The highest BCUT2D eigenvalue weighted by atomic mass is 32.2. The minimum Gasteiger partial charge on any atom is -0.352 e. The molecule has 0 aliphatic carbocycles. The third-order valence-corrected chi connectivity index (χ3v) is 5.70. The molecule has 0 saturated carbocycles. The van der Waals surface area contributed by atoms with Crippen LogP contribution in [0.5, 0.6) is 0 Å². The summed E-state index contributed by atoms with van der Waals surface area (Å²) in [6, 6.07) is 11.8. The minimum absolute atomic E-state index is 0.0317. The molecule has 1 aromatic carbocycles. The fourth-order valence-corrected chi connectivity index (χ4v) is 4.09. The van der Waals surface area contributed by atoms with Crippen molar-refractivity contribution < 1.29 is 13.2 Å². The fourth-order valence-electron chi connectivity index (χ4n) is 2.41. The quantitative estimate of drug-likeness (QED) is 0.702. The van der Waals surface area contributed by atoms with Gasteiger partial charge in [0, 0.05) is 30.8 Å².